The summed E-state index contributed by atoms with van der Waals surface area (Å²) in [6.45, 7) is 18.6. The van der Waals surface area contributed by atoms with E-state index in [0.29, 0.717) is 5.92 Å². The second-order valence-corrected chi connectivity index (χ2v) is 12.1. The Bertz CT molecular complexity index is 758. The summed E-state index contributed by atoms with van der Waals surface area (Å²) < 4.78 is 0. The van der Waals surface area contributed by atoms with E-state index in [9.17, 15) is 0 Å². The zero-order chi connectivity index (χ0) is 26.1. The van der Waals surface area contributed by atoms with Crippen LogP contribution in [0.3, 0.4) is 0 Å². The Morgan fingerprint density at radius 1 is 0.829 bits per heavy atom. The molecule has 6 heteroatoms. The Kier molecular flexibility index (Phi) is 11.2. The first kappa shape index (κ1) is 29.3. The van der Waals surface area contributed by atoms with E-state index in [4.69, 9.17) is 9.98 Å². The van der Waals surface area contributed by atoms with Crippen LogP contribution in [-0.2, 0) is 0 Å². The number of aliphatic imine (C=N–C) groups is 2. The largest absolute Gasteiger partial charge is 0.346 e. The molecular formula is C29H54N6. The molecule has 1 unspecified atom stereocenters. The minimum absolute atomic E-state index is 0.0681. The van der Waals surface area contributed by atoms with E-state index in [0.717, 1.165) is 64.4 Å². The van der Waals surface area contributed by atoms with E-state index in [1.165, 1.54) is 18.8 Å². The summed E-state index contributed by atoms with van der Waals surface area (Å²) in [5.41, 5.74) is -0.158. The van der Waals surface area contributed by atoms with Gasteiger partial charge in [0, 0.05) is 53.9 Å². The second kappa shape index (κ2) is 13.4. The number of hydrogen-bond donors (Lipinski definition) is 0. The van der Waals surface area contributed by atoms with Crippen LogP contribution in [-0.4, -0.2) is 96.5 Å². The van der Waals surface area contributed by atoms with E-state index in [1.54, 1.807) is 0 Å². The minimum atomic E-state index is -0.0898. The van der Waals surface area contributed by atoms with Gasteiger partial charge in [-0.3, -0.25) is 0 Å². The third-order valence-corrected chi connectivity index (χ3v) is 6.68. The molecule has 2 aliphatic heterocycles. The highest BCUT2D eigenvalue weighted by atomic mass is 15.4. The third-order valence-electron chi connectivity index (χ3n) is 6.68. The number of hydrogen-bond acceptors (Lipinski definition) is 2. The molecule has 2 aliphatic rings. The van der Waals surface area contributed by atoms with Crippen molar-refractivity contribution in [1.29, 1.82) is 0 Å². The SMILES string of the molecule is CC/C=C\C/C=C\CCCN1CCN(C)/C1=N\C(C)(C)CC1CCN(C)C(=NC(C)(C)C)N(C)C1. The molecule has 2 fully saturated rings. The number of rotatable bonds is 10. The summed E-state index contributed by atoms with van der Waals surface area (Å²) in [5, 5.41) is 0. The van der Waals surface area contributed by atoms with Crippen LogP contribution in [0, 0.1) is 5.92 Å². The predicted octanol–water partition coefficient (Wildman–Crippen LogP) is 5.49. The van der Waals surface area contributed by atoms with Gasteiger partial charge in [0.2, 0.25) is 0 Å². The molecule has 0 aromatic rings. The van der Waals surface area contributed by atoms with Gasteiger partial charge in [-0.15, -0.1) is 0 Å². The standard InChI is InChI=1S/C29H54N6/c1-10-11-12-13-14-15-16-17-19-35-22-21-33(8)27(35)31-29(5,6)23-25-18-20-32(7)26(34(9)24-25)30-28(2,3)4/h11-12,14-15,25H,10,13,16-24H2,1-9H3/b12-11-,15-14-,30-26?,31-27+. The van der Waals surface area contributed by atoms with Crippen LogP contribution in [0.1, 0.15) is 80.1 Å². The average Bonchev–Trinajstić information content (AvgIpc) is 3.03. The van der Waals surface area contributed by atoms with Gasteiger partial charge in [-0.2, -0.15) is 0 Å². The quantitative estimate of drug-likeness (QED) is 0.302. The van der Waals surface area contributed by atoms with Crippen LogP contribution in [0.2, 0.25) is 0 Å². The van der Waals surface area contributed by atoms with Gasteiger partial charge >= 0.3 is 0 Å². The molecule has 0 bridgehead atoms. The Morgan fingerprint density at radius 3 is 2.20 bits per heavy atom. The van der Waals surface area contributed by atoms with Gasteiger partial charge in [0.15, 0.2) is 11.9 Å². The first-order chi connectivity index (χ1) is 16.4. The topological polar surface area (TPSA) is 37.7 Å². The highest BCUT2D eigenvalue weighted by Crippen LogP contribution is 2.28. The molecule has 2 saturated heterocycles. The minimum Gasteiger partial charge on any atom is -0.346 e. The Hall–Kier alpha value is -1.98. The monoisotopic (exact) mass is 486 g/mol. The summed E-state index contributed by atoms with van der Waals surface area (Å²) in [7, 11) is 6.56. The third kappa shape index (κ3) is 10.3. The van der Waals surface area contributed by atoms with Crippen molar-refractivity contribution in [2.75, 3.05) is 53.9 Å². The van der Waals surface area contributed by atoms with E-state index < -0.39 is 0 Å². The fraction of sp³-hybridized carbons (Fsp3) is 0.793. The van der Waals surface area contributed by atoms with Crippen LogP contribution in [0.15, 0.2) is 34.3 Å². The molecule has 0 N–H and O–H groups in total. The molecule has 2 rings (SSSR count). The van der Waals surface area contributed by atoms with Gasteiger partial charge < -0.3 is 19.6 Å². The van der Waals surface area contributed by atoms with Gasteiger partial charge in [0.25, 0.3) is 0 Å². The summed E-state index contributed by atoms with van der Waals surface area (Å²) in [6.07, 6.45) is 15.9. The molecule has 2 heterocycles. The molecule has 0 amide bonds. The second-order valence-electron chi connectivity index (χ2n) is 12.1. The number of unbranched alkanes of at least 4 members (excludes halogenated alkanes) is 1. The molecule has 6 nitrogen and oxygen atoms in total. The summed E-state index contributed by atoms with van der Waals surface area (Å²) in [4.78, 5) is 19.9. The number of nitrogens with zero attached hydrogens (tertiary/aromatic N) is 6. The van der Waals surface area contributed by atoms with E-state index in [2.05, 4.69) is 107 Å². The zero-order valence-corrected chi connectivity index (χ0v) is 24.3. The van der Waals surface area contributed by atoms with Crippen molar-refractivity contribution in [2.24, 2.45) is 15.9 Å². The van der Waals surface area contributed by atoms with Crippen molar-refractivity contribution < 1.29 is 0 Å². The van der Waals surface area contributed by atoms with Crippen LogP contribution in [0.5, 0.6) is 0 Å². The van der Waals surface area contributed by atoms with Gasteiger partial charge in [-0.25, -0.2) is 9.98 Å². The predicted molar refractivity (Wildman–Crippen MR) is 153 cm³/mol. The highest BCUT2D eigenvalue weighted by molar-refractivity contribution is 5.82. The molecule has 1 atom stereocenters. The number of guanidine groups is 2. The lowest BCUT2D eigenvalue weighted by Gasteiger charge is -2.31. The first-order valence-corrected chi connectivity index (χ1v) is 13.8. The number of allylic oxidation sites excluding steroid dienone is 4. The van der Waals surface area contributed by atoms with Crippen LogP contribution in [0.4, 0.5) is 0 Å². The van der Waals surface area contributed by atoms with Gasteiger partial charge in [-0.05, 0) is 79.1 Å². The van der Waals surface area contributed by atoms with Crippen LogP contribution >= 0.6 is 0 Å². The van der Waals surface area contributed by atoms with Crippen molar-refractivity contribution in [1.82, 2.24) is 19.6 Å². The van der Waals surface area contributed by atoms with Crippen molar-refractivity contribution >= 4 is 11.9 Å². The molecule has 0 radical (unpaired) electrons. The molecule has 0 aromatic heterocycles. The molecule has 0 aromatic carbocycles. The first-order valence-electron chi connectivity index (χ1n) is 13.8. The van der Waals surface area contributed by atoms with Crippen LogP contribution < -0.4 is 0 Å². The maximum absolute atomic E-state index is 5.35. The van der Waals surface area contributed by atoms with Crippen molar-refractivity contribution in [3.05, 3.63) is 24.3 Å². The summed E-state index contributed by atoms with van der Waals surface area (Å²) in [6, 6.07) is 0. The molecule has 0 saturated carbocycles. The van der Waals surface area contributed by atoms with Crippen molar-refractivity contribution in [3.8, 4) is 0 Å². The Balaban J connectivity index is 1.97. The lowest BCUT2D eigenvalue weighted by molar-refractivity contribution is 0.299. The van der Waals surface area contributed by atoms with Gasteiger partial charge in [-0.1, -0.05) is 31.2 Å². The Labute approximate surface area is 216 Å². The van der Waals surface area contributed by atoms with E-state index >= 15 is 0 Å². The fourth-order valence-corrected chi connectivity index (χ4v) is 5.02. The normalized spacial score (nSPS) is 23.1. The molecule has 35 heavy (non-hydrogen) atoms. The highest BCUT2D eigenvalue weighted by Gasteiger charge is 2.31. The van der Waals surface area contributed by atoms with E-state index in [-0.39, 0.29) is 11.1 Å². The maximum Gasteiger partial charge on any atom is 0.196 e. The van der Waals surface area contributed by atoms with Crippen molar-refractivity contribution in [3.63, 3.8) is 0 Å². The molecule has 0 aliphatic carbocycles. The van der Waals surface area contributed by atoms with Gasteiger partial charge in [0.05, 0.1) is 11.1 Å². The smallest absolute Gasteiger partial charge is 0.196 e. The van der Waals surface area contributed by atoms with Crippen LogP contribution in [0.25, 0.3) is 0 Å². The Morgan fingerprint density at radius 2 is 1.51 bits per heavy atom. The van der Waals surface area contributed by atoms with E-state index in [1.807, 2.05) is 0 Å². The summed E-state index contributed by atoms with van der Waals surface area (Å²) >= 11 is 0. The number of likely N-dealkylation sites (N-methyl/N-ethyl adjacent to an activating group) is 1. The molecule has 0 spiro atoms. The lowest BCUT2D eigenvalue weighted by Crippen LogP contribution is -2.41. The van der Waals surface area contributed by atoms with Crippen molar-refractivity contribution in [2.45, 2.75) is 91.1 Å². The zero-order valence-electron chi connectivity index (χ0n) is 24.3. The van der Waals surface area contributed by atoms with Gasteiger partial charge in [0.1, 0.15) is 0 Å². The molecular weight excluding hydrogens is 432 g/mol. The average molecular weight is 487 g/mol. The fourth-order valence-electron chi connectivity index (χ4n) is 5.02. The molecule has 200 valence electrons. The lowest BCUT2D eigenvalue weighted by atomic mass is 9.88. The maximum atomic E-state index is 5.35. The summed E-state index contributed by atoms with van der Waals surface area (Å²) in [5.74, 6) is 2.89.